The van der Waals surface area contributed by atoms with E-state index in [2.05, 4.69) is 15.6 Å². The van der Waals surface area contributed by atoms with Gasteiger partial charge in [0.2, 0.25) is 5.91 Å². The minimum absolute atomic E-state index is 0.0178. The zero-order valence-electron chi connectivity index (χ0n) is 16.6. The lowest BCUT2D eigenvalue weighted by Crippen LogP contribution is -2.46. The molecule has 2 fully saturated rings. The lowest BCUT2D eigenvalue weighted by Gasteiger charge is -2.31. The van der Waals surface area contributed by atoms with Gasteiger partial charge < -0.3 is 29.7 Å². The molecule has 8 nitrogen and oxygen atoms in total. The van der Waals surface area contributed by atoms with Crippen LogP contribution in [0.1, 0.15) is 18.4 Å². The molecule has 0 saturated carbocycles. The van der Waals surface area contributed by atoms with E-state index in [1.807, 2.05) is 30.3 Å². The highest BCUT2D eigenvalue weighted by atomic mass is 16.7. The summed E-state index contributed by atoms with van der Waals surface area (Å²) in [4.78, 5) is 18.1. The molecular formula is C20H30N4O4. The fourth-order valence-corrected chi connectivity index (χ4v) is 3.12. The van der Waals surface area contributed by atoms with Crippen molar-refractivity contribution in [2.45, 2.75) is 31.3 Å². The average Bonchev–Trinajstić information content (AvgIpc) is 3.10. The van der Waals surface area contributed by atoms with Gasteiger partial charge in [0.25, 0.3) is 0 Å². The second-order valence-corrected chi connectivity index (χ2v) is 7.25. The summed E-state index contributed by atoms with van der Waals surface area (Å²) in [7, 11) is 3.46. The zero-order chi connectivity index (χ0) is 19.8. The molecule has 8 heteroatoms. The zero-order valence-corrected chi connectivity index (χ0v) is 16.6. The highest BCUT2D eigenvalue weighted by Gasteiger charge is 2.42. The molecule has 0 bridgehead atoms. The smallest absolute Gasteiger partial charge is 0.241 e. The van der Waals surface area contributed by atoms with Gasteiger partial charge in [-0.2, -0.15) is 0 Å². The molecule has 2 aliphatic heterocycles. The molecule has 1 atom stereocenters. The molecule has 1 aromatic rings. The van der Waals surface area contributed by atoms with Crippen molar-refractivity contribution in [2.24, 2.45) is 4.99 Å². The van der Waals surface area contributed by atoms with Crippen LogP contribution in [0, 0.1) is 0 Å². The molecule has 1 spiro atoms. The van der Waals surface area contributed by atoms with Crippen LogP contribution in [0.25, 0.3) is 0 Å². The van der Waals surface area contributed by atoms with E-state index in [1.54, 1.807) is 19.0 Å². The monoisotopic (exact) mass is 390 g/mol. The van der Waals surface area contributed by atoms with Crippen LogP contribution in [0.15, 0.2) is 35.3 Å². The van der Waals surface area contributed by atoms with Gasteiger partial charge in [0, 0.05) is 33.5 Å². The maximum atomic E-state index is 11.9. The third-order valence-electron chi connectivity index (χ3n) is 4.83. The van der Waals surface area contributed by atoms with Crippen molar-refractivity contribution in [3.63, 3.8) is 0 Å². The quantitative estimate of drug-likeness (QED) is 0.550. The molecule has 3 rings (SSSR count). The first-order valence-electron chi connectivity index (χ1n) is 9.72. The molecule has 1 unspecified atom stereocenters. The number of aliphatic imine (C=N–C) groups is 1. The lowest BCUT2D eigenvalue weighted by atomic mass is 10.1. The van der Waals surface area contributed by atoms with Crippen molar-refractivity contribution in [3.8, 4) is 0 Å². The van der Waals surface area contributed by atoms with E-state index in [9.17, 15) is 4.79 Å². The second kappa shape index (κ2) is 9.86. The van der Waals surface area contributed by atoms with Gasteiger partial charge in [0.15, 0.2) is 11.7 Å². The number of hydrogen-bond acceptors (Lipinski definition) is 5. The van der Waals surface area contributed by atoms with E-state index in [0.717, 1.165) is 18.4 Å². The summed E-state index contributed by atoms with van der Waals surface area (Å²) in [6.45, 7) is 3.12. The fourth-order valence-electron chi connectivity index (χ4n) is 3.12. The van der Waals surface area contributed by atoms with Crippen LogP contribution in [0.5, 0.6) is 0 Å². The Hall–Kier alpha value is -2.16. The Morgan fingerprint density at radius 1 is 1.21 bits per heavy atom. The van der Waals surface area contributed by atoms with Gasteiger partial charge in [-0.1, -0.05) is 30.3 Å². The van der Waals surface area contributed by atoms with Crippen LogP contribution in [-0.2, 0) is 25.5 Å². The van der Waals surface area contributed by atoms with E-state index in [1.165, 1.54) is 0 Å². The first kappa shape index (κ1) is 20.6. The Kier molecular flexibility index (Phi) is 7.24. The van der Waals surface area contributed by atoms with E-state index < -0.39 is 5.79 Å². The van der Waals surface area contributed by atoms with Gasteiger partial charge in [-0.3, -0.25) is 4.79 Å². The number of amides is 1. The molecule has 2 N–H and O–H groups in total. The molecule has 2 saturated heterocycles. The van der Waals surface area contributed by atoms with Crippen molar-refractivity contribution in [1.82, 2.24) is 15.5 Å². The second-order valence-electron chi connectivity index (χ2n) is 7.25. The number of guanidine groups is 1. The lowest BCUT2D eigenvalue weighted by molar-refractivity contribution is -0.210. The van der Waals surface area contributed by atoms with Gasteiger partial charge in [0.05, 0.1) is 32.9 Å². The summed E-state index contributed by atoms with van der Waals surface area (Å²) >= 11 is 0. The molecule has 1 amide bonds. The first-order valence-corrected chi connectivity index (χ1v) is 9.72. The largest absolute Gasteiger partial charge is 0.381 e. The van der Waals surface area contributed by atoms with Crippen molar-refractivity contribution >= 4 is 11.9 Å². The van der Waals surface area contributed by atoms with Crippen LogP contribution in [-0.4, -0.2) is 75.7 Å². The van der Waals surface area contributed by atoms with Crippen LogP contribution in [0.2, 0.25) is 0 Å². The van der Waals surface area contributed by atoms with Crippen molar-refractivity contribution in [1.29, 1.82) is 0 Å². The number of ether oxygens (including phenoxy) is 3. The maximum Gasteiger partial charge on any atom is 0.241 e. The summed E-state index contributed by atoms with van der Waals surface area (Å²) in [6, 6.07) is 9.99. The Morgan fingerprint density at radius 3 is 2.68 bits per heavy atom. The van der Waals surface area contributed by atoms with Gasteiger partial charge in [-0.15, -0.1) is 0 Å². The first-order chi connectivity index (χ1) is 13.6. The topological polar surface area (TPSA) is 84.4 Å². The number of hydrogen-bond donors (Lipinski definition) is 2. The minimum atomic E-state index is -0.500. The molecule has 0 radical (unpaired) electrons. The highest BCUT2D eigenvalue weighted by molar-refractivity contribution is 5.86. The minimum Gasteiger partial charge on any atom is -0.381 e. The molecule has 0 aromatic heterocycles. The van der Waals surface area contributed by atoms with Gasteiger partial charge in [0.1, 0.15) is 6.10 Å². The summed E-state index contributed by atoms with van der Waals surface area (Å²) in [6.07, 6.45) is 1.45. The Morgan fingerprint density at radius 2 is 1.96 bits per heavy atom. The van der Waals surface area contributed by atoms with E-state index in [4.69, 9.17) is 14.2 Å². The predicted molar refractivity (Wildman–Crippen MR) is 106 cm³/mol. The van der Waals surface area contributed by atoms with Crippen LogP contribution >= 0.6 is 0 Å². The average molecular weight is 390 g/mol. The van der Waals surface area contributed by atoms with Crippen molar-refractivity contribution in [2.75, 3.05) is 47.0 Å². The summed E-state index contributed by atoms with van der Waals surface area (Å²) in [5, 5.41) is 6.38. The molecule has 154 valence electrons. The summed E-state index contributed by atoms with van der Waals surface area (Å²) in [5.41, 5.74) is 1.10. The standard InChI is InChI=1S/C20H30N4O4/c1-24(2)18(25)14-23-19(21-12-16-6-4-3-5-7-16)22-13-17-15-27-20(28-17)8-10-26-11-9-20/h3-7,17H,8-15H2,1-2H3,(H2,21,22,23). The van der Waals surface area contributed by atoms with Gasteiger partial charge in [-0.05, 0) is 5.56 Å². The third-order valence-corrected chi connectivity index (χ3v) is 4.83. The predicted octanol–water partition coefficient (Wildman–Crippen LogP) is 0.732. The molecule has 1 aromatic carbocycles. The summed E-state index contributed by atoms with van der Waals surface area (Å²) < 4.78 is 17.5. The van der Waals surface area contributed by atoms with Crippen LogP contribution in [0.3, 0.4) is 0 Å². The maximum absolute atomic E-state index is 11.9. The summed E-state index contributed by atoms with van der Waals surface area (Å²) in [5.74, 6) is 0.0617. The SMILES string of the molecule is CN(C)C(=O)CNC(=NCc1ccccc1)NCC1COC2(CCOCC2)O1. The number of nitrogens with zero attached hydrogens (tertiary/aromatic N) is 2. The Balaban J connectivity index is 1.54. The van der Waals surface area contributed by atoms with Crippen LogP contribution < -0.4 is 10.6 Å². The Bertz CT molecular complexity index is 659. The number of likely N-dealkylation sites (N-methyl/N-ethyl adjacent to an activating group) is 1. The Labute approximate surface area is 166 Å². The number of benzene rings is 1. The van der Waals surface area contributed by atoms with Crippen molar-refractivity contribution in [3.05, 3.63) is 35.9 Å². The van der Waals surface area contributed by atoms with E-state index in [-0.39, 0.29) is 18.6 Å². The van der Waals surface area contributed by atoms with Gasteiger partial charge >= 0.3 is 0 Å². The number of carbonyl (C=O) groups excluding carboxylic acids is 1. The van der Waals surface area contributed by atoms with Crippen LogP contribution in [0.4, 0.5) is 0 Å². The molecule has 28 heavy (non-hydrogen) atoms. The highest BCUT2D eigenvalue weighted by Crippen LogP contribution is 2.32. The van der Waals surface area contributed by atoms with E-state index >= 15 is 0 Å². The van der Waals surface area contributed by atoms with Gasteiger partial charge in [-0.25, -0.2) is 4.99 Å². The molecule has 2 aliphatic rings. The molecule has 2 heterocycles. The molecular weight excluding hydrogens is 360 g/mol. The molecule has 0 aliphatic carbocycles. The van der Waals surface area contributed by atoms with Crippen molar-refractivity contribution < 1.29 is 19.0 Å². The number of nitrogens with one attached hydrogen (secondary N) is 2. The number of carbonyl (C=O) groups is 1. The van der Waals surface area contributed by atoms with E-state index in [0.29, 0.717) is 38.9 Å². The fraction of sp³-hybridized carbons (Fsp3) is 0.600. The number of rotatable bonds is 6. The normalized spacial score (nSPS) is 21.5. The third kappa shape index (κ3) is 5.92.